The van der Waals surface area contributed by atoms with Crippen molar-refractivity contribution in [2.24, 2.45) is 5.73 Å². The second kappa shape index (κ2) is 7.22. The van der Waals surface area contributed by atoms with Crippen LogP contribution in [-0.4, -0.2) is 67.2 Å². The van der Waals surface area contributed by atoms with Gasteiger partial charge in [0.05, 0.1) is 0 Å². The Morgan fingerprint density at radius 1 is 1.26 bits per heavy atom. The van der Waals surface area contributed by atoms with Crippen LogP contribution in [0.3, 0.4) is 0 Å². The molecular formula is C14H27N3O2. The molecule has 5 heteroatoms. The molecule has 2 aliphatic heterocycles. The Hall–Kier alpha value is -0.650. The van der Waals surface area contributed by atoms with E-state index < -0.39 is 0 Å². The summed E-state index contributed by atoms with van der Waals surface area (Å²) in [6, 6.07) is 0.903. The zero-order valence-electron chi connectivity index (χ0n) is 12.0. The van der Waals surface area contributed by atoms with Crippen molar-refractivity contribution in [3.63, 3.8) is 0 Å². The number of hydrogen-bond donors (Lipinski definition) is 1. The second-order valence-corrected chi connectivity index (χ2v) is 5.71. The Morgan fingerprint density at radius 2 is 2.00 bits per heavy atom. The Bertz CT molecular complexity index is 290. The van der Waals surface area contributed by atoms with Gasteiger partial charge in [-0.2, -0.15) is 0 Å². The van der Waals surface area contributed by atoms with Crippen LogP contribution in [0, 0.1) is 0 Å². The topological polar surface area (TPSA) is 58.8 Å². The van der Waals surface area contributed by atoms with Gasteiger partial charge in [-0.15, -0.1) is 0 Å². The minimum atomic E-state index is 0.143. The first-order valence-corrected chi connectivity index (χ1v) is 7.56. The van der Waals surface area contributed by atoms with E-state index in [1.165, 1.54) is 0 Å². The predicted octanol–water partition coefficient (Wildman–Crippen LogP) is 0.437. The summed E-state index contributed by atoms with van der Waals surface area (Å²) in [5.74, 6) is 0.143. The summed E-state index contributed by atoms with van der Waals surface area (Å²) < 4.78 is 5.33. The van der Waals surface area contributed by atoms with Crippen LogP contribution in [0.5, 0.6) is 0 Å². The smallest absolute Gasteiger partial charge is 0.248 e. The molecule has 0 saturated carbocycles. The molecule has 2 aliphatic rings. The van der Waals surface area contributed by atoms with Gasteiger partial charge >= 0.3 is 0 Å². The van der Waals surface area contributed by atoms with Crippen molar-refractivity contribution in [2.45, 2.75) is 44.7 Å². The van der Waals surface area contributed by atoms with Crippen molar-refractivity contribution in [1.29, 1.82) is 0 Å². The van der Waals surface area contributed by atoms with Crippen molar-refractivity contribution in [2.75, 3.05) is 39.4 Å². The number of piperidine rings is 1. The van der Waals surface area contributed by atoms with E-state index in [9.17, 15) is 4.79 Å². The highest BCUT2D eigenvalue weighted by Crippen LogP contribution is 2.20. The third-order valence-electron chi connectivity index (χ3n) is 4.18. The molecule has 0 radical (unpaired) electrons. The SMILES string of the molecule is CCCOCC(=O)N1CCC(N2CCC(N)CC2)C1. The first kappa shape index (κ1) is 14.8. The lowest BCUT2D eigenvalue weighted by Crippen LogP contribution is -2.46. The van der Waals surface area contributed by atoms with Gasteiger partial charge in [-0.3, -0.25) is 9.69 Å². The molecule has 5 nitrogen and oxygen atoms in total. The average Bonchev–Trinajstić information content (AvgIpc) is 2.89. The normalized spacial score (nSPS) is 26.0. The molecule has 19 heavy (non-hydrogen) atoms. The van der Waals surface area contributed by atoms with E-state index in [0.29, 0.717) is 18.7 Å². The van der Waals surface area contributed by atoms with Crippen LogP contribution in [0.4, 0.5) is 0 Å². The maximum atomic E-state index is 12.0. The Kier molecular flexibility index (Phi) is 5.60. The molecule has 2 N–H and O–H groups in total. The van der Waals surface area contributed by atoms with Crippen molar-refractivity contribution in [3.8, 4) is 0 Å². The summed E-state index contributed by atoms with van der Waals surface area (Å²) >= 11 is 0. The number of carbonyl (C=O) groups is 1. The van der Waals surface area contributed by atoms with Gasteiger partial charge in [0, 0.05) is 31.8 Å². The number of rotatable bonds is 5. The molecule has 2 saturated heterocycles. The Morgan fingerprint density at radius 3 is 2.68 bits per heavy atom. The highest BCUT2D eigenvalue weighted by Gasteiger charge is 2.31. The van der Waals surface area contributed by atoms with E-state index in [1.54, 1.807) is 0 Å². The molecule has 0 aromatic carbocycles. The molecule has 0 bridgehead atoms. The third-order valence-corrected chi connectivity index (χ3v) is 4.18. The van der Waals surface area contributed by atoms with Crippen LogP contribution >= 0.6 is 0 Å². The second-order valence-electron chi connectivity index (χ2n) is 5.71. The molecule has 2 heterocycles. The van der Waals surface area contributed by atoms with Crippen LogP contribution in [0.15, 0.2) is 0 Å². The molecular weight excluding hydrogens is 242 g/mol. The van der Waals surface area contributed by atoms with Gasteiger partial charge in [-0.25, -0.2) is 0 Å². The lowest BCUT2D eigenvalue weighted by molar-refractivity contribution is -0.135. The van der Waals surface area contributed by atoms with Crippen molar-refractivity contribution < 1.29 is 9.53 Å². The number of nitrogens with zero attached hydrogens (tertiary/aromatic N) is 2. The highest BCUT2D eigenvalue weighted by molar-refractivity contribution is 5.77. The van der Waals surface area contributed by atoms with E-state index in [1.807, 2.05) is 4.90 Å². The zero-order chi connectivity index (χ0) is 13.7. The summed E-state index contributed by atoms with van der Waals surface area (Å²) in [6.07, 6.45) is 4.23. The predicted molar refractivity (Wildman–Crippen MR) is 74.9 cm³/mol. The molecule has 2 rings (SSSR count). The summed E-state index contributed by atoms with van der Waals surface area (Å²) in [5.41, 5.74) is 5.93. The summed E-state index contributed by atoms with van der Waals surface area (Å²) in [5, 5.41) is 0. The van der Waals surface area contributed by atoms with Gasteiger partial charge in [0.15, 0.2) is 0 Å². The lowest BCUT2D eigenvalue weighted by atomic mass is 10.0. The van der Waals surface area contributed by atoms with Crippen molar-refractivity contribution in [1.82, 2.24) is 9.80 Å². The zero-order valence-corrected chi connectivity index (χ0v) is 12.0. The van der Waals surface area contributed by atoms with Gasteiger partial charge in [-0.05, 0) is 38.8 Å². The van der Waals surface area contributed by atoms with Gasteiger partial charge in [0.1, 0.15) is 6.61 Å². The number of nitrogens with two attached hydrogens (primary N) is 1. The number of ether oxygens (including phenoxy) is 1. The quantitative estimate of drug-likeness (QED) is 0.736. The van der Waals surface area contributed by atoms with E-state index in [2.05, 4.69) is 11.8 Å². The fraction of sp³-hybridized carbons (Fsp3) is 0.929. The first-order valence-electron chi connectivity index (χ1n) is 7.56. The highest BCUT2D eigenvalue weighted by atomic mass is 16.5. The van der Waals surface area contributed by atoms with Crippen molar-refractivity contribution in [3.05, 3.63) is 0 Å². The van der Waals surface area contributed by atoms with E-state index in [4.69, 9.17) is 10.5 Å². The van der Waals surface area contributed by atoms with Gasteiger partial charge < -0.3 is 15.4 Å². The van der Waals surface area contributed by atoms with Gasteiger partial charge in [0.25, 0.3) is 0 Å². The maximum absolute atomic E-state index is 12.0. The fourth-order valence-corrected chi connectivity index (χ4v) is 2.95. The fourth-order valence-electron chi connectivity index (χ4n) is 2.95. The molecule has 0 aromatic heterocycles. The molecule has 0 aromatic rings. The van der Waals surface area contributed by atoms with Gasteiger partial charge in [0.2, 0.25) is 5.91 Å². The lowest BCUT2D eigenvalue weighted by Gasteiger charge is -2.34. The Balaban J connectivity index is 1.72. The van der Waals surface area contributed by atoms with Gasteiger partial charge in [-0.1, -0.05) is 6.92 Å². The number of carbonyl (C=O) groups excluding carboxylic acids is 1. The maximum Gasteiger partial charge on any atom is 0.248 e. The molecule has 1 atom stereocenters. The monoisotopic (exact) mass is 269 g/mol. The van der Waals surface area contributed by atoms with E-state index in [-0.39, 0.29) is 12.5 Å². The summed E-state index contributed by atoms with van der Waals surface area (Å²) in [4.78, 5) is 16.4. The first-order chi connectivity index (χ1) is 9.20. The summed E-state index contributed by atoms with van der Waals surface area (Å²) in [6.45, 7) is 6.88. The molecule has 2 fully saturated rings. The Labute approximate surface area is 116 Å². The molecule has 0 spiro atoms. The van der Waals surface area contributed by atoms with Crippen LogP contribution < -0.4 is 5.73 Å². The minimum Gasteiger partial charge on any atom is -0.372 e. The largest absolute Gasteiger partial charge is 0.372 e. The van der Waals surface area contributed by atoms with Crippen LogP contribution in [-0.2, 0) is 9.53 Å². The van der Waals surface area contributed by atoms with Crippen LogP contribution in [0.25, 0.3) is 0 Å². The molecule has 110 valence electrons. The molecule has 1 unspecified atom stereocenters. The van der Waals surface area contributed by atoms with Crippen LogP contribution in [0.1, 0.15) is 32.6 Å². The number of hydrogen-bond acceptors (Lipinski definition) is 4. The number of amides is 1. The summed E-state index contributed by atoms with van der Waals surface area (Å²) in [7, 11) is 0. The van der Waals surface area contributed by atoms with E-state index >= 15 is 0 Å². The van der Waals surface area contributed by atoms with Crippen molar-refractivity contribution >= 4 is 5.91 Å². The standard InChI is InChI=1S/C14H27N3O2/c1-2-9-19-11-14(18)17-8-5-13(10-17)16-6-3-12(15)4-7-16/h12-13H,2-11,15H2,1H3. The van der Waals surface area contributed by atoms with Crippen LogP contribution in [0.2, 0.25) is 0 Å². The number of likely N-dealkylation sites (tertiary alicyclic amines) is 2. The average molecular weight is 269 g/mol. The minimum absolute atomic E-state index is 0.143. The van der Waals surface area contributed by atoms with E-state index in [0.717, 1.165) is 51.9 Å². The third kappa shape index (κ3) is 4.16. The molecule has 0 aliphatic carbocycles. The molecule has 1 amide bonds.